The molecule has 0 radical (unpaired) electrons. The van der Waals surface area contributed by atoms with Crippen molar-refractivity contribution in [2.75, 3.05) is 6.61 Å². The van der Waals surface area contributed by atoms with E-state index in [1.165, 1.54) is 12.5 Å². The smallest absolute Gasteiger partial charge is 0.351 e. The van der Waals surface area contributed by atoms with Gasteiger partial charge in [0, 0.05) is 18.8 Å². The number of ether oxygens (including phenoxy) is 3. The summed E-state index contributed by atoms with van der Waals surface area (Å²) in [5, 5.41) is 0. The standard InChI is InChI=1S/C26H37NO6/c1-5-31-22(30)26(21(27)29)25(33-26)13-10-20-18-7-6-16-14-17(32-15(2)28)8-11-23(16,3)19(18)9-12-24(20,25)4/h6,17-20H,5,7-14H2,1-4H3,(H2,27,29)/t17-,18-,19-,20-,23-,24-,25+,26-/m0/s1. The molecule has 7 heteroatoms. The first-order chi connectivity index (χ1) is 15.6. The largest absolute Gasteiger partial charge is 0.463 e. The van der Waals surface area contributed by atoms with Gasteiger partial charge in [-0.2, -0.15) is 0 Å². The molecule has 7 nitrogen and oxygen atoms in total. The van der Waals surface area contributed by atoms with E-state index < -0.39 is 23.1 Å². The fourth-order valence-corrected chi connectivity index (χ4v) is 8.73. The molecule has 33 heavy (non-hydrogen) atoms. The summed E-state index contributed by atoms with van der Waals surface area (Å²) in [6.07, 6.45) is 9.68. The Hall–Kier alpha value is -1.89. The molecule has 3 saturated carbocycles. The van der Waals surface area contributed by atoms with Crippen molar-refractivity contribution in [2.24, 2.45) is 34.3 Å². The highest BCUT2D eigenvalue weighted by Crippen LogP contribution is 2.75. The van der Waals surface area contributed by atoms with Crippen molar-refractivity contribution in [3.05, 3.63) is 11.6 Å². The number of amides is 1. The third kappa shape index (κ3) is 2.80. The van der Waals surface area contributed by atoms with Crippen molar-refractivity contribution < 1.29 is 28.6 Å². The summed E-state index contributed by atoms with van der Waals surface area (Å²) in [5.74, 6) is -0.138. The van der Waals surface area contributed by atoms with E-state index in [1.54, 1.807) is 6.92 Å². The summed E-state index contributed by atoms with van der Waals surface area (Å²) in [4.78, 5) is 36.9. The molecule has 1 amide bonds. The number of rotatable bonds is 4. The van der Waals surface area contributed by atoms with Crippen LogP contribution in [0.1, 0.15) is 79.1 Å². The highest BCUT2D eigenvalue weighted by atomic mass is 16.7. The average molecular weight is 460 g/mol. The maximum absolute atomic E-state index is 12.9. The molecule has 0 aromatic carbocycles. The predicted octanol–water partition coefficient (Wildman–Crippen LogP) is 3.44. The highest BCUT2D eigenvalue weighted by molar-refractivity contribution is 6.10. The van der Waals surface area contributed by atoms with Gasteiger partial charge < -0.3 is 19.9 Å². The second kappa shape index (κ2) is 7.30. The van der Waals surface area contributed by atoms with Gasteiger partial charge >= 0.3 is 11.9 Å². The second-order valence-electron chi connectivity index (χ2n) is 11.4. The van der Waals surface area contributed by atoms with Gasteiger partial charge in [-0.15, -0.1) is 0 Å². The monoisotopic (exact) mass is 459 g/mol. The van der Waals surface area contributed by atoms with Crippen LogP contribution >= 0.6 is 0 Å². The molecule has 5 rings (SSSR count). The maximum atomic E-state index is 12.9. The molecule has 5 aliphatic rings. The molecule has 8 atom stereocenters. The molecule has 0 aromatic rings. The number of fused-ring (bicyclic) bond motifs is 6. The third-order valence-corrected chi connectivity index (χ3v) is 10.3. The molecule has 2 N–H and O–H groups in total. The summed E-state index contributed by atoms with van der Waals surface area (Å²) in [7, 11) is 0. The molecule has 0 bridgehead atoms. The number of carbonyl (C=O) groups is 3. The van der Waals surface area contributed by atoms with Gasteiger partial charge in [-0.3, -0.25) is 9.59 Å². The average Bonchev–Trinajstić information content (AvgIpc) is 3.36. The Labute approximate surface area is 195 Å². The fraction of sp³-hybridized carbons (Fsp3) is 0.808. The number of epoxide rings is 1. The minimum atomic E-state index is -1.64. The Morgan fingerprint density at radius 1 is 1.12 bits per heavy atom. The minimum Gasteiger partial charge on any atom is -0.463 e. The lowest BCUT2D eigenvalue weighted by Gasteiger charge is -2.57. The molecular formula is C26H37NO6. The van der Waals surface area contributed by atoms with Crippen LogP contribution in [0.2, 0.25) is 0 Å². The summed E-state index contributed by atoms with van der Waals surface area (Å²) < 4.78 is 17.0. The van der Waals surface area contributed by atoms with E-state index >= 15 is 0 Å². The van der Waals surface area contributed by atoms with Crippen LogP contribution < -0.4 is 5.73 Å². The molecule has 182 valence electrons. The van der Waals surface area contributed by atoms with Gasteiger partial charge in [0.2, 0.25) is 0 Å². The first kappa shape index (κ1) is 22.9. The summed E-state index contributed by atoms with van der Waals surface area (Å²) in [5.41, 5.74) is 4.57. The van der Waals surface area contributed by atoms with Crippen LogP contribution in [0.25, 0.3) is 0 Å². The first-order valence-electron chi connectivity index (χ1n) is 12.6. The molecule has 0 aromatic heterocycles. The summed E-state index contributed by atoms with van der Waals surface area (Å²) >= 11 is 0. The number of hydrogen-bond acceptors (Lipinski definition) is 6. The molecule has 4 fully saturated rings. The quantitative estimate of drug-likeness (QED) is 0.299. The van der Waals surface area contributed by atoms with E-state index in [-0.39, 0.29) is 29.5 Å². The van der Waals surface area contributed by atoms with Gasteiger partial charge in [0.1, 0.15) is 11.7 Å². The van der Waals surface area contributed by atoms with Crippen LogP contribution in [0.5, 0.6) is 0 Å². The van der Waals surface area contributed by atoms with Crippen molar-refractivity contribution in [1.82, 2.24) is 0 Å². The van der Waals surface area contributed by atoms with Gasteiger partial charge in [-0.05, 0) is 75.0 Å². The van der Waals surface area contributed by atoms with Crippen LogP contribution in [0.4, 0.5) is 0 Å². The van der Waals surface area contributed by atoms with Crippen LogP contribution in [0.3, 0.4) is 0 Å². The van der Waals surface area contributed by atoms with Crippen LogP contribution in [0, 0.1) is 28.6 Å². The summed E-state index contributed by atoms with van der Waals surface area (Å²) in [6.45, 7) is 8.02. The number of primary amides is 1. The Balaban J connectivity index is 1.43. The van der Waals surface area contributed by atoms with E-state index in [9.17, 15) is 14.4 Å². The van der Waals surface area contributed by atoms with Crippen molar-refractivity contribution in [2.45, 2.75) is 96.4 Å². The van der Waals surface area contributed by atoms with E-state index in [1.807, 2.05) is 0 Å². The molecular weight excluding hydrogens is 422 g/mol. The van der Waals surface area contributed by atoms with Gasteiger partial charge in [0.15, 0.2) is 0 Å². The zero-order chi connectivity index (χ0) is 23.8. The number of nitrogens with two attached hydrogens (primary N) is 1. The molecule has 4 aliphatic carbocycles. The lowest BCUT2D eigenvalue weighted by atomic mass is 9.47. The van der Waals surface area contributed by atoms with Crippen LogP contribution in [-0.4, -0.2) is 41.8 Å². The van der Waals surface area contributed by atoms with E-state index in [0.29, 0.717) is 24.2 Å². The number of esters is 2. The number of hydrogen-bond donors (Lipinski definition) is 1. The molecule has 1 aliphatic heterocycles. The van der Waals surface area contributed by atoms with E-state index in [0.717, 1.165) is 44.9 Å². The van der Waals surface area contributed by atoms with Crippen molar-refractivity contribution in [1.29, 1.82) is 0 Å². The Morgan fingerprint density at radius 3 is 2.52 bits per heavy atom. The minimum absolute atomic E-state index is 0.0115. The predicted molar refractivity (Wildman–Crippen MR) is 120 cm³/mol. The first-order valence-corrected chi connectivity index (χ1v) is 12.6. The van der Waals surface area contributed by atoms with E-state index in [4.69, 9.17) is 19.9 Å². The van der Waals surface area contributed by atoms with Crippen molar-refractivity contribution >= 4 is 17.8 Å². The Morgan fingerprint density at radius 2 is 1.85 bits per heavy atom. The maximum Gasteiger partial charge on any atom is 0.351 e. The zero-order valence-electron chi connectivity index (χ0n) is 20.3. The van der Waals surface area contributed by atoms with Crippen molar-refractivity contribution in [3.8, 4) is 0 Å². The number of allylic oxidation sites excluding steroid dienone is 1. The normalized spacial score (nSPS) is 47.6. The third-order valence-electron chi connectivity index (χ3n) is 10.3. The van der Waals surface area contributed by atoms with E-state index in [2.05, 4.69) is 19.9 Å². The van der Waals surface area contributed by atoms with Gasteiger partial charge in [-0.25, -0.2) is 4.79 Å². The lowest BCUT2D eigenvalue weighted by Crippen LogP contribution is -2.56. The summed E-state index contributed by atoms with van der Waals surface area (Å²) in [6, 6.07) is 0. The SMILES string of the molecule is CCOC(=O)[C@]1(C(N)=O)O[C@@]12CC[C@H]1[C@H]3CC=C4C[C@@H](OC(C)=O)CC[C@]4(C)[C@H]3CC[C@@]12C. The fourth-order valence-electron chi connectivity index (χ4n) is 8.73. The van der Waals surface area contributed by atoms with Crippen LogP contribution in [0.15, 0.2) is 11.6 Å². The topological polar surface area (TPSA) is 108 Å². The molecule has 1 heterocycles. The van der Waals surface area contributed by atoms with Gasteiger partial charge in [0.25, 0.3) is 11.5 Å². The van der Waals surface area contributed by atoms with Gasteiger partial charge in [-0.1, -0.05) is 25.5 Å². The number of carbonyl (C=O) groups excluding carboxylic acids is 3. The highest BCUT2D eigenvalue weighted by Gasteiger charge is 2.88. The zero-order valence-corrected chi connectivity index (χ0v) is 20.3. The Bertz CT molecular complexity index is 930. The molecule has 1 spiro atoms. The molecule has 1 saturated heterocycles. The molecule has 0 unspecified atom stereocenters. The van der Waals surface area contributed by atoms with Crippen molar-refractivity contribution in [3.63, 3.8) is 0 Å². The Kier molecular flexibility index (Phi) is 5.06. The second-order valence-corrected chi connectivity index (χ2v) is 11.4. The van der Waals surface area contributed by atoms with Crippen LogP contribution in [-0.2, 0) is 28.6 Å². The van der Waals surface area contributed by atoms with Gasteiger partial charge in [0.05, 0.1) is 6.61 Å². The lowest BCUT2D eigenvalue weighted by molar-refractivity contribution is -0.153.